The maximum Gasteiger partial charge on any atom is 0.327 e. The van der Waals surface area contributed by atoms with Crippen LogP contribution in [-0.2, 0) is 18.4 Å². The number of amides is 3. The van der Waals surface area contributed by atoms with Crippen LogP contribution in [0.4, 0.5) is 4.79 Å². The third-order valence-electron chi connectivity index (χ3n) is 4.23. The summed E-state index contributed by atoms with van der Waals surface area (Å²) in [4.78, 5) is 27.3. The third kappa shape index (κ3) is 2.28. The first-order chi connectivity index (χ1) is 9.47. The zero-order chi connectivity index (χ0) is 14.3. The van der Waals surface area contributed by atoms with E-state index in [1.807, 2.05) is 0 Å². The maximum absolute atomic E-state index is 12.3. The van der Waals surface area contributed by atoms with E-state index in [0.29, 0.717) is 18.8 Å². The second kappa shape index (κ2) is 4.57. The lowest BCUT2D eigenvalue weighted by Gasteiger charge is -2.40. The van der Waals surface area contributed by atoms with Crippen molar-refractivity contribution in [1.29, 1.82) is 0 Å². The van der Waals surface area contributed by atoms with Crippen LogP contribution in [0.25, 0.3) is 0 Å². The SMILES string of the molecule is Cn1cc(CN2CC(=O)N(CC3(C)CCC3)C2=O)nn1. The van der Waals surface area contributed by atoms with E-state index in [1.54, 1.807) is 17.9 Å². The van der Waals surface area contributed by atoms with Crippen molar-refractivity contribution in [2.24, 2.45) is 12.5 Å². The highest BCUT2D eigenvalue weighted by molar-refractivity contribution is 6.02. The van der Waals surface area contributed by atoms with Gasteiger partial charge in [-0.2, -0.15) is 0 Å². The topological polar surface area (TPSA) is 71.3 Å². The monoisotopic (exact) mass is 277 g/mol. The number of urea groups is 1. The molecule has 0 spiro atoms. The summed E-state index contributed by atoms with van der Waals surface area (Å²) in [5, 5.41) is 7.79. The highest BCUT2D eigenvalue weighted by Gasteiger charge is 2.42. The van der Waals surface area contributed by atoms with Gasteiger partial charge < -0.3 is 4.90 Å². The first-order valence-electron chi connectivity index (χ1n) is 6.91. The molecule has 1 aliphatic carbocycles. The minimum absolute atomic E-state index is 0.105. The summed E-state index contributed by atoms with van der Waals surface area (Å²) in [5.41, 5.74) is 0.818. The summed E-state index contributed by atoms with van der Waals surface area (Å²) in [7, 11) is 1.77. The van der Waals surface area contributed by atoms with Crippen LogP contribution in [0.5, 0.6) is 0 Å². The Hall–Kier alpha value is -1.92. The van der Waals surface area contributed by atoms with Gasteiger partial charge in [-0.15, -0.1) is 5.10 Å². The van der Waals surface area contributed by atoms with Gasteiger partial charge in [-0.1, -0.05) is 18.6 Å². The van der Waals surface area contributed by atoms with Gasteiger partial charge in [0.25, 0.3) is 0 Å². The zero-order valence-electron chi connectivity index (χ0n) is 11.9. The number of aryl methyl sites for hydroxylation is 1. The fourth-order valence-electron chi connectivity index (χ4n) is 2.86. The van der Waals surface area contributed by atoms with Crippen molar-refractivity contribution in [2.75, 3.05) is 13.1 Å². The van der Waals surface area contributed by atoms with Crippen molar-refractivity contribution >= 4 is 11.9 Å². The first-order valence-corrected chi connectivity index (χ1v) is 6.91. The van der Waals surface area contributed by atoms with Crippen LogP contribution in [-0.4, -0.2) is 49.8 Å². The van der Waals surface area contributed by atoms with Crippen LogP contribution in [0, 0.1) is 5.41 Å². The van der Waals surface area contributed by atoms with Crippen LogP contribution in [0.2, 0.25) is 0 Å². The lowest BCUT2D eigenvalue weighted by atomic mass is 9.70. The molecule has 2 aliphatic rings. The molecule has 2 heterocycles. The fourth-order valence-corrected chi connectivity index (χ4v) is 2.86. The molecular weight excluding hydrogens is 258 g/mol. The van der Waals surface area contributed by atoms with E-state index in [4.69, 9.17) is 0 Å². The molecule has 0 bridgehead atoms. The Bertz CT molecular complexity index is 549. The van der Waals surface area contributed by atoms with E-state index in [1.165, 1.54) is 16.2 Å². The standard InChI is InChI=1S/C13H19N5O2/c1-13(4-3-5-13)9-18-11(19)8-17(12(18)20)7-10-6-16(2)15-14-10/h6H,3-5,7-9H2,1-2H3. The Kier molecular flexibility index (Phi) is 2.99. The Balaban J connectivity index is 1.66. The highest BCUT2D eigenvalue weighted by atomic mass is 16.2. The molecule has 7 nitrogen and oxygen atoms in total. The molecule has 20 heavy (non-hydrogen) atoms. The van der Waals surface area contributed by atoms with Crippen molar-refractivity contribution in [3.8, 4) is 0 Å². The second-order valence-corrected chi connectivity index (χ2v) is 6.17. The molecule has 2 fully saturated rings. The number of imide groups is 1. The predicted molar refractivity (Wildman–Crippen MR) is 70.5 cm³/mol. The van der Waals surface area contributed by atoms with Crippen molar-refractivity contribution in [3.05, 3.63) is 11.9 Å². The molecular formula is C13H19N5O2. The summed E-state index contributed by atoms with van der Waals surface area (Å²) in [5.74, 6) is -0.105. The molecule has 0 N–H and O–H groups in total. The lowest BCUT2D eigenvalue weighted by molar-refractivity contribution is -0.127. The second-order valence-electron chi connectivity index (χ2n) is 6.17. The van der Waals surface area contributed by atoms with Gasteiger partial charge in [0.2, 0.25) is 5.91 Å². The van der Waals surface area contributed by atoms with Gasteiger partial charge in [0.1, 0.15) is 12.2 Å². The highest BCUT2D eigenvalue weighted by Crippen LogP contribution is 2.41. The van der Waals surface area contributed by atoms with Crippen LogP contribution < -0.4 is 0 Å². The number of nitrogens with zero attached hydrogens (tertiary/aromatic N) is 5. The minimum Gasteiger partial charge on any atom is -0.309 e. The van der Waals surface area contributed by atoms with Gasteiger partial charge in [-0.25, -0.2) is 4.79 Å². The van der Waals surface area contributed by atoms with E-state index in [0.717, 1.165) is 12.8 Å². The van der Waals surface area contributed by atoms with Gasteiger partial charge in [0.05, 0.1) is 6.54 Å². The molecule has 1 aliphatic heterocycles. The number of hydrogen-bond acceptors (Lipinski definition) is 4. The largest absolute Gasteiger partial charge is 0.327 e. The molecule has 3 rings (SSSR count). The molecule has 7 heteroatoms. The van der Waals surface area contributed by atoms with Crippen molar-refractivity contribution < 1.29 is 9.59 Å². The average Bonchev–Trinajstić information content (AvgIpc) is 2.87. The summed E-state index contributed by atoms with van der Waals surface area (Å²) >= 11 is 0. The molecule has 0 aromatic carbocycles. The first kappa shape index (κ1) is 13.1. The Labute approximate surface area is 117 Å². The zero-order valence-corrected chi connectivity index (χ0v) is 11.9. The van der Waals surface area contributed by atoms with Crippen LogP contribution in [0.1, 0.15) is 31.9 Å². The van der Waals surface area contributed by atoms with E-state index in [9.17, 15) is 9.59 Å². The van der Waals surface area contributed by atoms with Gasteiger partial charge in [-0.3, -0.25) is 14.4 Å². The predicted octanol–water partition coefficient (Wildman–Crippen LogP) is 0.769. The maximum atomic E-state index is 12.3. The van der Waals surface area contributed by atoms with Crippen molar-refractivity contribution in [2.45, 2.75) is 32.7 Å². The molecule has 0 radical (unpaired) electrons. The summed E-state index contributed by atoms with van der Waals surface area (Å²) in [6, 6.07) is -0.200. The van der Waals surface area contributed by atoms with Crippen LogP contribution in [0.3, 0.4) is 0 Å². The van der Waals surface area contributed by atoms with Crippen molar-refractivity contribution in [1.82, 2.24) is 24.8 Å². The Morgan fingerprint density at radius 1 is 1.35 bits per heavy atom. The summed E-state index contributed by atoms with van der Waals surface area (Å²) in [6.07, 6.45) is 5.13. The molecule has 1 aromatic heterocycles. The van der Waals surface area contributed by atoms with Crippen molar-refractivity contribution in [3.63, 3.8) is 0 Å². The Morgan fingerprint density at radius 3 is 2.65 bits per heavy atom. The number of carbonyl (C=O) groups is 2. The number of hydrogen-bond donors (Lipinski definition) is 0. The molecule has 1 saturated heterocycles. The van der Waals surface area contributed by atoms with Gasteiger partial charge >= 0.3 is 6.03 Å². The minimum atomic E-state index is -0.200. The average molecular weight is 277 g/mol. The van der Waals surface area contributed by atoms with Gasteiger partial charge in [0.15, 0.2) is 0 Å². The quantitative estimate of drug-likeness (QED) is 0.762. The molecule has 1 saturated carbocycles. The normalized spacial score (nSPS) is 21.5. The molecule has 0 atom stereocenters. The Morgan fingerprint density at radius 2 is 2.10 bits per heavy atom. The van der Waals surface area contributed by atoms with Gasteiger partial charge in [-0.05, 0) is 18.3 Å². The van der Waals surface area contributed by atoms with E-state index in [-0.39, 0.29) is 23.9 Å². The third-order valence-corrected chi connectivity index (χ3v) is 4.23. The van der Waals surface area contributed by atoms with E-state index < -0.39 is 0 Å². The summed E-state index contributed by atoms with van der Waals surface area (Å²) < 4.78 is 1.59. The molecule has 0 unspecified atom stereocenters. The lowest BCUT2D eigenvalue weighted by Crippen LogP contribution is -2.43. The van der Waals surface area contributed by atoms with Crippen LogP contribution in [0.15, 0.2) is 6.20 Å². The van der Waals surface area contributed by atoms with E-state index >= 15 is 0 Å². The molecule has 108 valence electrons. The van der Waals surface area contributed by atoms with E-state index in [2.05, 4.69) is 17.2 Å². The summed E-state index contributed by atoms with van der Waals surface area (Å²) in [6.45, 7) is 3.17. The number of rotatable bonds is 4. The molecule has 1 aromatic rings. The van der Waals surface area contributed by atoms with Gasteiger partial charge in [0, 0.05) is 19.8 Å². The van der Waals surface area contributed by atoms with Crippen LogP contribution >= 0.6 is 0 Å². The smallest absolute Gasteiger partial charge is 0.309 e. The molecule has 3 amide bonds. The number of carbonyl (C=O) groups excluding carboxylic acids is 2. The number of aromatic nitrogens is 3. The fraction of sp³-hybridized carbons (Fsp3) is 0.692.